The predicted octanol–water partition coefficient (Wildman–Crippen LogP) is 3.36. The summed E-state index contributed by atoms with van der Waals surface area (Å²) in [4.78, 5) is 29.3. The summed E-state index contributed by atoms with van der Waals surface area (Å²) in [6.07, 6.45) is 3.56. The third kappa shape index (κ3) is 3.39. The molecule has 2 atom stereocenters. The van der Waals surface area contributed by atoms with Crippen LogP contribution >= 0.6 is 0 Å². The fourth-order valence-corrected chi connectivity index (χ4v) is 4.88. The number of amides is 2. The Morgan fingerprint density at radius 3 is 2.83 bits per heavy atom. The lowest BCUT2D eigenvalue weighted by Gasteiger charge is -2.56. The van der Waals surface area contributed by atoms with Gasteiger partial charge in [0.1, 0.15) is 11.4 Å². The summed E-state index contributed by atoms with van der Waals surface area (Å²) in [5, 5.41) is 4.11. The van der Waals surface area contributed by atoms with Gasteiger partial charge in [-0.25, -0.2) is 0 Å². The number of ether oxygens (including phenoxy) is 1. The fourth-order valence-electron chi connectivity index (χ4n) is 4.88. The summed E-state index contributed by atoms with van der Waals surface area (Å²) >= 11 is 0. The van der Waals surface area contributed by atoms with Gasteiger partial charge in [0.15, 0.2) is 0 Å². The molecule has 1 aromatic heterocycles. The van der Waals surface area contributed by atoms with Gasteiger partial charge in [0, 0.05) is 31.6 Å². The molecule has 4 rings (SSSR count). The number of nitrogens with zero attached hydrogens (tertiary/aromatic N) is 3. The molecule has 7 heteroatoms. The summed E-state index contributed by atoms with van der Waals surface area (Å²) in [7, 11) is 1.61. The van der Waals surface area contributed by atoms with E-state index >= 15 is 0 Å². The van der Waals surface area contributed by atoms with Crippen LogP contribution in [0.1, 0.15) is 50.1 Å². The molecule has 29 heavy (non-hydrogen) atoms. The normalized spacial score (nSPS) is 24.2. The van der Waals surface area contributed by atoms with Crippen LogP contribution in [0.25, 0.3) is 11.3 Å². The van der Waals surface area contributed by atoms with E-state index in [2.05, 4.69) is 12.1 Å². The molecule has 0 unspecified atom stereocenters. The number of likely N-dealkylation sites (tertiary alicyclic amines) is 2. The lowest BCUT2D eigenvalue weighted by Crippen LogP contribution is -2.68. The van der Waals surface area contributed by atoms with Crippen LogP contribution in [0.15, 0.2) is 34.9 Å². The highest BCUT2D eigenvalue weighted by Gasteiger charge is 2.50. The molecule has 1 aromatic carbocycles. The van der Waals surface area contributed by atoms with Gasteiger partial charge in [-0.15, -0.1) is 0 Å². The number of hydrogen-bond donors (Lipinski definition) is 0. The van der Waals surface area contributed by atoms with Crippen LogP contribution in [0.2, 0.25) is 0 Å². The van der Waals surface area contributed by atoms with Gasteiger partial charge < -0.3 is 19.1 Å². The maximum absolute atomic E-state index is 13.4. The standard InChI is InChI=1S/C22H27N3O4/c1-15(26)24-11-6-10-22(2)20(24)9-5-12-25(22)21(27)19-14-18(23-29-19)16-7-4-8-17(13-16)28-3/h4,7-8,13-14,20H,5-6,9-12H2,1-3H3/t20-,22-/m0/s1. The molecule has 0 N–H and O–H groups in total. The van der Waals surface area contributed by atoms with Crippen LogP contribution in [0.5, 0.6) is 5.75 Å². The van der Waals surface area contributed by atoms with Crippen molar-refractivity contribution in [1.82, 2.24) is 15.0 Å². The van der Waals surface area contributed by atoms with Crippen LogP contribution in [-0.4, -0.2) is 58.6 Å². The first-order valence-corrected chi connectivity index (χ1v) is 10.1. The molecule has 0 bridgehead atoms. The molecular formula is C22H27N3O4. The Hall–Kier alpha value is -2.83. The molecule has 2 aliphatic heterocycles. The Balaban J connectivity index is 1.61. The number of fused-ring (bicyclic) bond motifs is 1. The van der Waals surface area contributed by atoms with E-state index in [0.29, 0.717) is 12.2 Å². The zero-order valence-corrected chi connectivity index (χ0v) is 17.2. The Morgan fingerprint density at radius 1 is 1.24 bits per heavy atom. The smallest absolute Gasteiger partial charge is 0.293 e. The first kappa shape index (κ1) is 19.5. The van der Waals surface area contributed by atoms with E-state index < -0.39 is 0 Å². The number of rotatable bonds is 3. The zero-order chi connectivity index (χ0) is 20.6. The van der Waals surface area contributed by atoms with Crippen molar-refractivity contribution >= 4 is 11.8 Å². The number of carbonyl (C=O) groups is 2. The molecule has 2 aromatic rings. The van der Waals surface area contributed by atoms with Gasteiger partial charge in [-0.2, -0.15) is 0 Å². The van der Waals surface area contributed by atoms with Gasteiger partial charge >= 0.3 is 0 Å². The maximum atomic E-state index is 13.4. The summed E-state index contributed by atoms with van der Waals surface area (Å²) < 4.78 is 10.7. The Labute approximate surface area is 170 Å². The van der Waals surface area contributed by atoms with Crippen molar-refractivity contribution in [2.45, 2.75) is 51.1 Å². The van der Waals surface area contributed by atoms with Crippen LogP contribution in [0.3, 0.4) is 0 Å². The molecular weight excluding hydrogens is 370 g/mol. The van der Waals surface area contributed by atoms with E-state index in [9.17, 15) is 9.59 Å². The van der Waals surface area contributed by atoms with Gasteiger partial charge in [0.25, 0.3) is 5.91 Å². The molecule has 0 spiro atoms. The van der Waals surface area contributed by atoms with E-state index in [0.717, 1.165) is 43.5 Å². The van der Waals surface area contributed by atoms with Crippen LogP contribution in [0, 0.1) is 0 Å². The Bertz CT molecular complexity index is 924. The lowest BCUT2D eigenvalue weighted by atomic mass is 9.76. The monoisotopic (exact) mass is 397 g/mol. The lowest BCUT2D eigenvalue weighted by molar-refractivity contribution is -0.140. The molecule has 0 aliphatic carbocycles. The van der Waals surface area contributed by atoms with Crippen LogP contribution in [-0.2, 0) is 4.79 Å². The maximum Gasteiger partial charge on any atom is 0.293 e. The molecule has 154 valence electrons. The highest BCUT2D eigenvalue weighted by molar-refractivity contribution is 5.93. The van der Waals surface area contributed by atoms with E-state index in [4.69, 9.17) is 9.26 Å². The third-order valence-corrected chi connectivity index (χ3v) is 6.39. The van der Waals surface area contributed by atoms with Gasteiger partial charge in [0.2, 0.25) is 11.7 Å². The number of benzene rings is 1. The average Bonchev–Trinajstić information content (AvgIpc) is 3.22. The number of methoxy groups -OCH3 is 1. The average molecular weight is 397 g/mol. The molecule has 2 amide bonds. The number of piperidine rings is 2. The second kappa shape index (κ2) is 7.54. The van der Waals surface area contributed by atoms with E-state index in [1.165, 1.54) is 0 Å². The van der Waals surface area contributed by atoms with E-state index in [1.54, 1.807) is 20.1 Å². The van der Waals surface area contributed by atoms with Crippen molar-refractivity contribution in [2.24, 2.45) is 0 Å². The summed E-state index contributed by atoms with van der Waals surface area (Å²) in [6, 6.07) is 9.23. The van der Waals surface area contributed by atoms with Crippen LogP contribution in [0.4, 0.5) is 0 Å². The predicted molar refractivity (Wildman–Crippen MR) is 108 cm³/mol. The van der Waals surface area contributed by atoms with Gasteiger partial charge in [0.05, 0.1) is 18.7 Å². The molecule has 2 saturated heterocycles. The quantitative estimate of drug-likeness (QED) is 0.794. The Kier molecular flexibility index (Phi) is 5.06. The van der Waals surface area contributed by atoms with Crippen molar-refractivity contribution in [3.05, 3.63) is 36.1 Å². The second-order valence-corrected chi connectivity index (χ2v) is 8.10. The van der Waals surface area contributed by atoms with Gasteiger partial charge in [-0.3, -0.25) is 9.59 Å². The largest absolute Gasteiger partial charge is 0.497 e. The van der Waals surface area contributed by atoms with Gasteiger partial charge in [-0.05, 0) is 44.7 Å². The molecule has 3 heterocycles. The number of hydrogen-bond acceptors (Lipinski definition) is 5. The summed E-state index contributed by atoms with van der Waals surface area (Å²) in [6.45, 7) is 5.14. The highest BCUT2D eigenvalue weighted by atomic mass is 16.5. The molecule has 2 fully saturated rings. The first-order chi connectivity index (χ1) is 13.9. The molecule has 2 aliphatic rings. The van der Waals surface area contributed by atoms with E-state index in [-0.39, 0.29) is 29.2 Å². The van der Waals surface area contributed by atoms with Crippen molar-refractivity contribution in [1.29, 1.82) is 0 Å². The van der Waals surface area contributed by atoms with Gasteiger partial charge in [-0.1, -0.05) is 17.3 Å². The van der Waals surface area contributed by atoms with Crippen LogP contribution < -0.4 is 4.74 Å². The molecule has 0 saturated carbocycles. The second-order valence-electron chi connectivity index (χ2n) is 8.10. The highest BCUT2D eigenvalue weighted by Crippen LogP contribution is 2.40. The van der Waals surface area contributed by atoms with Crippen molar-refractivity contribution in [3.8, 4) is 17.0 Å². The zero-order valence-electron chi connectivity index (χ0n) is 17.2. The summed E-state index contributed by atoms with van der Waals surface area (Å²) in [5.41, 5.74) is 1.04. The SMILES string of the molecule is COc1cccc(-c2cc(C(=O)N3CCC[C@@H]4N(C(C)=O)CCC[C@@]43C)on2)c1. The first-order valence-electron chi connectivity index (χ1n) is 10.1. The van der Waals surface area contributed by atoms with Crippen molar-refractivity contribution in [2.75, 3.05) is 20.2 Å². The topological polar surface area (TPSA) is 75.9 Å². The third-order valence-electron chi connectivity index (χ3n) is 6.39. The Morgan fingerprint density at radius 2 is 2.07 bits per heavy atom. The number of aromatic nitrogens is 1. The molecule has 0 radical (unpaired) electrons. The minimum Gasteiger partial charge on any atom is -0.497 e. The van der Waals surface area contributed by atoms with E-state index in [1.807, 2.05) is 34.1 Å². The van der Waals surface area contributed by atoms with Crippen molar-refractivity contribution < 1.29 is 18.8 Å². The minimum atomic E-state index is -0.387. The summed E-state index contributed by atoms with van der Waals surface area (Å²) in [5.74, 6) is 0.861. The number of carbonyl (C=O) groups excluding carboxylic acids is 2. The minimum absolute atomic E-state index is 0.0484. The van der Waals surface area contributed by atoms with Crippen molar-refractivity contribution in [3.63, 3.8) is 0 Å². The fraction of sp³-hybridized carbons (Fsp3) is 0.500. The molecule has 7 nitrogen and oxygen atoms in total.